The van der Waals surface area contributed by atoms with E-state index in [-0.39, 0.29) is 23.3 Å². The van der Waals surface area contributed by atoms with Gasteiger partial charge in [0, 0.05) is 38.7 Å². The Balaban J connectivity index is 1.31. The molecule has 0 radical (unpaired) electrons. The number of pyridine rings is 1. The van der Waals surface area contributed by atoms with Gasteiger partial charge in [-0.2, -0.15) is 10.2 Å². The number of benzene rings is 1. The summed E-state index contributed by atoms with van der Waals surface area (Å²) in [6, 6.07) is 15.4. The Morgan fingerprint density at radius 2 is 1.86 bits per heavy atom. The van der Waals surface area contributed by atoms with Gasteiger partial charge in [0.1, 0.15) is 23.3 Å². The summed E-state index contributed by atoms with van der Waals surface area (Å²) >= 11 is 0. The highest BCUT2D eigenvalue weighted by Gasteiger charge is 2.25. The van der Waals surface area contributed by atoms with Crippen LogP contribution >= 0.6 is 0 Å². The van der Waals surface area contributed by atoms with E-state index in [9.17, 15) is 14.9 Å². The number of hydrogen-bond acceptors (Lipinski definition) is 8. The average Bonchev–Trinajstić information content (AvgIpc) is 3.32. The molecular weight excluding hydrogens is 456 g/mol. The van der Waals surface area contributed by atoms with Crippen LogP contribution in [0.4, 0.5) is 29.1 Å². The van der Waals surface area contributed by atoms with E-state index in [4.69, 9.17) is 0 Å². The van der Waals surface area contributed by atoms with Crippen LogP contribution in [0.25, 0.3) is 0 Å². The first-order valence-electron chi connectivity index (χ1n) is 11.9. The number of anilines is 5. The number of aromatic nitrogens is 3. The Kier molecular flexibility index (Phi) is 6.45. The lowest BCUT2D eigenvalue weighted by atomic mass is 9.89. The lowest BCUT2D eigenvalue weighted by molar-refractivity contribution is -0.132. The average molecular weight is 483 g/mol. The minimum atomic E-state index is 0.0549. The molecule has 2 aliphatic heterocycles. The third-order valence-electron chi connectivity index (χ3n) is 6.54. The summed E-state index contributed by atoms with van der Waals surface area (Å²) in [6.07, 6.45) is 4.26. The van der Waals surface area contributed by atoms with Crippen LogP contribution in [0, 0.1) is 11.3 Å². The molecule has 3 aromatic rings. The third-order valence-corrected chi connectivity index (χ3v) is 6.54. The van der Waals surface area contributed by atoms with Crippen LogP contribution in [0.3, 0.4) is 0 Å². The van der Waals surface area contributed by atoms with Crippen molar-refractivity contribution in [2.45, 2.75) is 31.6 Å². The van der Waals surface area contributed by atoms with Crippen molar-refractivity contribution in [3.8, 4) is 6.07 Å². The molecule has 182 valence electrons. The Labute approximate surface area is 209 Å². The van der Waals surface area contributed by atoms with Crippen molar-refractivity contribution in [3.05, 3.63) is 59.8 Å². The summed E-state index contributed by atoms with van der Waals surface area (Å²) in [7, 11) is 1.84. The quantitative estimate of drug-likeness (QED) is 0.545. The number of carbonyl (C=O) groups is 2. The van der Waals surface area contributed by atoms with Crippen LogP contribution in [0.15, 0.2) is 48.7 Å². The maximum atomic E-state index is 12.1. The minimum Gasteiger partial charge on any atom is -0.346 e. The largest absolute Gasteiger partial charge is 0.346 e. The van der Waals surface area contributed by atoms with Gasteiger partial charge in [0.2, 0.25) is 17.8 Å². The number of hydrogen-bond donors (Lipinski definition) is 2. The van der Waals surface area contributed by atoms with Crippen LogP contribution in [0.1, 0.15) is 42.7 Å². The van der Waals surface area contributed by atoms with Crippen molar-refractivity contribution >= 4 is 40.9 Å². The van der Waals surface area contributed by atoms with E-state index < -0.39 is 0 Å². The molecule has 2 amide bonds. The summed E-state index contributed by atoms with van der Waals surface area (Å²) in [5, 5.41) is 15.8. The molecule has 1 unspecified atom stereocenters. The van der Waals surface area contributed by atoms with Gasteiger partial charge >= 0.3 is 0 Å². The highest BCUT2D eigenvalue weighted by Crippen LogP contribution is 2.30. The predicted molar refractivity (Wildman–Crippen MR) is 135 cm³/mol. The van der Waals surface area contributed by atoms with E-state index in [2.05, 4.69) is 31.7 Å². The summed E-state index contributed by atoms with van der Waals surface area (Å²) in [5.41, 5.74) is 2.20. The molecule has 10 heteroatoms. The van der Waals surface area contributed by atoms with Crippen LogP contribution in [-0.2, 0) is 9.59 Å². The molecule has 2 aliphatic rings. The smallest absolute Gasteiger partial charge is 0.229 e. The molecule has 2 aromatic heterocycles. The number of nitrogens with zero attached hydrogens (tertiary/aromatic N) is 6. The van der Waals surface area contributed by atoms with Crippen LogP contribution in [0.2, 0.25) is 0 Å². The van der Waals surface area contributed by atoms with Gasteiger partial charge in [-0.05, 0) is 48.6 Å². The van der Waals surface area contributed by atoms with Crippen LogP contribution in [-0.4, -0.2) is 51.8 Å². The molecule has 4 heterocycles. The normalized spacial score (nSPS) is 17.7. The number of nitriles is 1. The van der Waals surface area contributed by atoms with Gasteiger partial charge in [-0.1, -0.05) is 18.2 Å². The number of piperidine rings is 1. The zero-order valence-corrected chi connectivity index (χ0v) is 19.9. The Morgan fingerprint density at radius 1 is 1.03 bits per heavy atom. The molecule has 36 heavy (non-hydrogen) atoms. The van der Waals surface area contributed by atoms with Crippen molar-refractivity contribution in [1.29, 1.82) is 5.26 Å². The Bertz CT molecular complexity index is 1330. The van der Waals surface area contributed by atoms with Crippen molar-refractivity contribution < 1.29 is 9.59 Å². The third kappa shape index (κ3) is 4.95. The fourth-order valence-corrected chi connectivity index (χ4v) is 4.47. The summed E-state index contributed by atoms with van der Waals surface area (Å²) < 4.78 is 0. The van der Waals surface area contributed by atoms with Crippen molar-refractivity contribution in [3.63, 3.8) is 0 Å². The zero-order chi connectivity index (χ0) is 25.1. The first-order valence-corrected chi connectivity index (χ1v) is 11.9. The van der Waals surface area contributed by atoms with Crippen molar-refractivity contribution in [2.75, 3.05) is 35.7 Å². The molecule has 0 aliphatic carbocycles. The van der Waals surface area contributed by atoms with Gasteiger partial charge < -0.3 is 15.5 Å². The molecule has 10 nitrogen and oxygen atoms in total. The first kappa shape index (κ1) is 23.2. The topological polar surface area (TPSA) is 127 Å². The molecule has 2 N–H and O–H groups in total. The van der Waals surface area contributed by atoms with Gasteiger partial charge in [0.05, 0.1) is 6.20 Å². The second kappa shape index (κ2) is 10.00. The molecule has 1 aromatic carbocycles. The number of nitrogens with one attached hydrogen (secondary N) is 2. The van der Waals surface area contributed by atoms with E-state index in [0.717, 1.165) is 30.6 Å². The van der Waals surface area contributed by atoms with Crippen LogP contribution < -0.4 is 15.5 Å². The van der Waals surface area contributed by atoms with Gasteiger partial charge in [-0.3, -0.25) is 14.5 Å². The van der Waals surface area contributed by atoms with E-state index in [1.165, 1.54) is 6.20 Å². The summed E-state index contributed by atoms with van der Waals surface area (Å²) in [6.45, 7) is 1.41. The van der Waals surface area contributed by atoms with E-state index in [1.807, 2.05) is 37.4 Å². The van der Waals surface area contributed by atoms with E-state index in [1.54, 1.807) is 21.9 Å². The maximum absolute atomic E-state index is 12.1. The fraction of sp³-hybridized carbons (Fsp3) is 0.308. The lowest BCUT2D eigenvalue weighted by Gasteiger charge is -2.29. The van der Waals surface area contributed by atoms with Gasteiger partial charge in [0.25, 0.3) is 0 Å². The minimum absolute atomic E-state index is 0.0549. The molecular formula is C26H26N8O2. The second-order valence-corrected chi connectivity index (χ2v) is 8.97. The Hall–Kier alpha value is -4.52. The molecule has 0 bridgehead atoms. The lowest BCUT2D eigenvalue weighted by Crippen LogP contribution is -2.34. The van der Waals surface area contributed by atoms with Gasteiger partial charge in [0.15, 0.2) is 5.82 Å². The maximum Gasteiger partial charge on any atom is 0.229 e. The van der Waals surface area contributed by atoms with Crippen LogP contribution in [0.5, 0.6) is 0 Å². The summed E-state index contributed by atoms with van der Waals surface area (Å²) in [4.78, 5) is 40.8. The number of carbonyl (C=O) groups excluding carboxylic acids is 2. The van der Waals surface area contributed by atoms with Crippen molar-refractivity contribution in [1.82, 2.24) is 19.9 Å². The molecule has 1 atom stereocenters. The number of likely N-dealkylation sites (tertiary alicyclic amines) is 1. The SMILES string of the molecule is CN1CCC(c2ccc(Nc3ncc(C#N)c(Nc4cccc(N5CCCC5=O)n4)n3)cc2)CC1=O. The molecule has 0 spiro atoms. The summed E-state index contributed by atoms with van der Waals surface area (Å²) in [5.74, 6) is 2.14. The van der Waals surface area contributed by atoms with Gasteiger partial charge in [-0.15, -0.1) is 0 Å². The Morgan fingerprint density at radius 3 is 2.58 bits per heavy atom. The first-order chi connectivity index (χ1) is 17.5. The van der Waals surface area contributed by atoms with E-state index in [0.29, 0.717) is 42.8 Å². The second-order valence-electron chi connectivity index (χ2n) is 8.97. The van der Waals surface area contributed by atoms with Crippen molar-refractivity contribution in [2.24, 2.45) is 0 Å². The zero-order valence-electron chi connectivity index (χ0n) is 19.9. The fourth-order valence-electron chi connectivity index (χ4n) is 4.47. The molecule has 5 rings (SSSR count). The predicted octanol–water partition coefficient (Wildman–Crippen LogP) is 3.69. The molecule has 0 saturated carbocycles. The van der Waals surface area contributed by atoms with E-state index >= 15 is 0 Å². The molecule has 2 fully saturated rings. The highest BCUT2D eigenvalue weighted by molar-refractivity contribution is 5.94. The standard InChI is InChI=1S/C26H26N8O2/c1-33-13-11-18(14-24(33)36)17-7-9-20(10-8-17)29-26-28-16-19(15-27)25(32-26)31-21-4-2-5-22(30-21)34-12-3-6-23(34)35/h2,4-5,7-10,16,18H,3,6,11-14H2,1H3,(H2,28,29,30,31,32). The van der Waals surface area contributed by atoms with Gasteiger partial charge in [-0.25, -0.2) is 9.97 Å². The monoisotopic (exact) mass is 482 g/mol. The number of amides is 2. The number of rotatable bonds is 6. The highest BCUT2D eigenvalue weighted by atomic mass is 16.2. The molecule has 2 saturated heterocycles.